The first-order valence-corrected chi connectivity index (χ1v) is 8.75. The van der Waals surface area contributed by atoms with Gasteiger partial charge >= 0.3 is 5.97 Å². The lowest BCUT2D eigenvalue weighted by Gasteiger charge is -2.19. The van der Waals surface area contributed by atoms with Crippen LogP contribution in [0.3, 0.4) is 0 Å². The van der Waals surface area contributed by atoms with E-state index in [0.717, 1.165) is 5.56 Å². The van der Waals surface area contributed by atoms with E-state index >= 15 is 0 Å². The number of hydrogen-bond acceptors (Lipinski definition) is 4. The number of ether oxygens (including phenoxy) is 1. The molecule has 7 heteroatoms. The first-order valence-electron chi connectivity index (χ1n) is 6.93. The van der Waals surface area contributed by atoms with Crippen LogP contribution in [0.15, 0.2) is 47.4 Å². The Morgan fingerprint density at radius 2 is 1.87 bits per heavy atom. The zero-order valence-electron chi connectivity index (χ0n) is 12.3. The Morgan fingerprint density at radius 3 is 2.52 bits per heavy atom. The smallest absolute Gasteiger partial charge is 0.337 e. The van der Waals surface area contributed by atoms with Gasteiger partial charge in [-0.2, -0.15) is 0 Å². The Balaban J connectivity index is 1.99. The molecule has 0 aliphatic carbocycles. The zero-order chi connectivity index (χ0) is 16.6. The molecule has 5 nitrogen and oxygen atoms in total. The van der Waals surface area contributed by atoms with E-state index in [1.807, 2.05) is 0 Å². The van der Waals surface area contributed by atoms with Crippen molar-refractivity contribution in [2.45, 2.75) is 11.3 Å². The summed E-state index contributed by atoms with van der Waals surface area (Å²) >= 11 is 5.81. The van der Waals surface area contributed by atoms with Crippen molar-refractivity contribution in [2.24, 2.45) is 0 Å². The van der Waals surface area contributed by atoms with Crippen LogP contribution >= 0.6 is 11.6 Å². The van der Waals surface area contributed by atoms with Gasteiger partial charge in [-0.15, -0.1) is 0 Å². The van der Waals surface area contributed by atoms with E-state index in [1.165, 1.54) is 23.5 Å². The molecule has 1 heterocycles. The third-order valence-electron chi connectivity index (χ3n) is 3.76. The number of sulfonamides is 1. The van der Waals surface area contributed by atoms with Gasteiger partial charge in [0.1, 0.15) is 0 Å². The van der Waals surface area contributed by atoms with Gasteiger partial charge < -0.3 is 4.74 Å². The molecular weight excluding hydrogens is 338 g/mol. The van der Waals surface area contributed by atoms with Gasteiger partial charge in [-0.3, -0.25) is 4.31 Å². The molecule has 0 saturated heterocycles. The van der Waals surface area contributed by atoms with Crippen molar-refractivity contribution < 1.29 is 17.9 Å². The lowest BCUT2D eigenvalue weighted by atomic mass is 10.1. The summed E-state index contributed by atoms with van der Waals surface area (Å²) < 4.78 is 31.6. The van der Waals surface area contributed by atoms with Crippen LogP contribution in [0.4, 0.5) is 5.69 Å². The molecule has 2 aromatic rings. The van der Waals surface area contributed by atoms with E-state index in [-0.39, 0.29) is 4.90 Å². The summed E-state index contributed by atoms with van der Waals surface area (Å²) in [7, 11) is -2.34. The molecule has 0 aromatic heterocycles. The molecule has 0 fully saturated rings. The van der Waals surface area contributed by atoms with E-state index in [0.29, 0.717) is 29.2 Å². The molecule has 3 rings (SSSR count). The highest BCUT2D eigenvalue weighted by Crippen LogP contribution is 2.33. The van der Waals surface area contributed by atoms with Gasteiger partial charge in [-0.1, -0.05) is 11.6 Å². The highest BCUT2D eigenvalue weighted by molar-refractivity contribution is 7.92. The Morgan fingerprint density at radius 1 is 1.17 bits per heavy atom. The molecule has 0 spiro atoms. The molecule has 0 amide bonds. The number of nitrogens with zero attached hydrogens (tertiary/aromatic N) is 1. The lowest BCUT2D eigenvalue weighted by Crippen LogP contribution is -2.29. The highest BCUT2D eigenvalue weighted by Gasteiger charge is 2.31. The number of rotatable bonds is 3. The average Bonchev–Trinajstić information content (AvgIpc) is 2.98. The van der Waals surface area contributed by atoms with Gasteiger partial charge in [0.15, 0.2) is 0 Å². The second-order valence-corrected chi connectivity index (χ2v) is 7.41. The number of anilines is 1. The number of esters is 1. The zero-order valence-corrected chi connectivity index (χ0v) is 13.9. The number of benzene rings is 2. The fourth-order valence-corrected chi connectivity index (χ4v) is 4.23. The van der Waals surface area contributed by atoms with Crippen LogP contribution < -0.4 is 4.31 Å². The minimum Gasteiger partial charge on any atom is -0.465 e. The quantitative estimate of drug-likeness (QED) is 0.798. The van der Waals surface area contributed by atoms with E-state index in [1.54, 1.807) is 30.3 Å². The molecule has 0 bridgehead atoms. The van der Waals surface area contributed by atoms with Crippen molar-refractivity contribution in [1.29, 1.82) is 0 Å². The van der Waals surface area contributed by atoms with Crippen LogP contribution in [-0.2, 0) is 21.2 Å². The second-order valence-electron chi connectivity index (χ2n) is 5.12. The molecular formula is C16H14ClNO4S. The topological polar surface area (TPSA) is 63.7 Å². The maximum Gasteiger partial charge on any atom is 0.337 e. The summed E-state index contributed by atoms with van der Waals surface area (Å²) in [5.74, 6) is -0.438. The number of halogens is 1. The molecule has 120 valence electrons. The fraction of sp³-hybridized carbons (Fsp3) is 0.188. The number of methoxy groups -OCH3 is 1. The summed E-state index contributed by atoms with van der Waals surface area (Å²) in [4.78, 5) is 11.8. The predicted molar refractivity (Wildman–Crippen MR) is 87.5 cm³/mol. The van der Waals surface area contributed by atoms with E-state index in [4.69, 9.17) is 11.6 Å². The van der Waals surface area contributed by atoms with Crippen molar-refractivity contribution in [1.82, 2.24) is 0 Å². The Bertz CT molecular complexity index is 862. The van der Waals surface area contributed by atoms with Crippen LogP contribution in [0.25, 0.3) is 0 Å². The van der Waals surface area contributed by atoms with Gasteiger partial charge in [0, 0.05) is 11.6 Å². The van der Waals surface area contributed by atoms with Crippen molar-refractivity contribution in [2.75, 3.05) is 18.0 Å². The largest absolute Gasteiger partial charge is 0.465 e. The molecule has 1 aliphatic rings. The molecule has 0 radical (unpaired) electrons. The van der Waals surface area contributed by atoms with Crippen LogP contribution in [0, 0.1) is 0 Å². The van der Waals surface area contributed by atoms with Crippen molar-refractivity contribution in [3.8, 4) is 0 Å². The highest BCUT2D eigenvalue weighted by atomic mass is 35.5. The van der Waals surface area contributed by atoms with Crippen LogP contribution in [0.1, 0.15) is 15.9 Å². The van der Waals surface area contributed by atoms with Crippen LogP contribution in [0.2, 0.25) is 5.02 Å². The average molecular weight is 352 g/mol. The maximum atomic E-state index is 12.8. The maximum absolute atomic E-state index is 12.8. The number of fused-ring (bicyclic) bond motifs is 1. The SMILES string of the molecule is COC(=O)c1ccc2c(c1)CCN2S(=O)(=O)c1ccc(Cl)cc1. The molecule has 2 aromatic carbocycles. The van der Waals surface area contributed by atoms with Gasteiger partial charge in [0.25, 0.3) is 10.0 Å². The summed E-state index contributed by atoms with van der Waals surface area (Å²) in [6.07, 6.45) is 0.549. The van der Waals surface area contributed by atoms with Gasteiger partial charge in [-0.05, 0) is 54.4 Å². The molecule has 1 aliphatic heterocycles. The minimum absolute atomic E-state index is 0.187. The Labute approximate surface area is 139 Å². The predicted octanol–water partition coefficient (Wildman–Crippen LogP) is 2.88. The Hall–Kier alpha value is -2.05. The first-order chi connectivity index (χ1) is 10.9. The lowest BCUT2D eigenvalue weighted by molar-refractivity contribution is 0.0600. The van der Waals surface area contributed by atoms with Crippen molar-refractivity contribution in [3.63, 3.8) is 0 Å². The summed E-state index contributed by atoms with van der Waals surface area (Å²) in [6.45, 7) is 0.338. The normalized spacial score (nSPS) is 13.7. The number of carbonyl (C=O) groups is 1. The molecule has 23 heavy (non-hydrogen) atoms. The van der Waals surface area contributed by atoms with E-state index in [9.17, 15) is 13.2 Å². The van der Waals surface area contributed by atoms with E-state index < -0.39 is 16.0 Å². The van der Waals surface area contributed by atoms with Gasteiger partial charge in [0.2, 0.25) is 0 Å². The number of carbonyl (C=O) groups excluding carboxylic acids is 1. The standard InChI is InChI=1S/C16H14ClNO4S/c1-22-16(19)12-2-7-15-11(10-12)8-9-18(15)23(20,21)14-5-3-13(17)4-6-14/h2-7,10H,8-9H2,1H3. The summed E-state index contributed by atoms with van der Waals surface area (Å²) in [6, 6.07) is 11.0. The van der Waals surface area contributed by atoms with Crippen LogP contribution in [-0.4, -0.2) is 28.0 Å². The number of hydrogen-bond donors (Lipinski definition) is 0. The molecule has 0 N–H and O–H groups in total. The first kappa shape index (κ1) is 15.8. The van der Waals surface area contributed by atoms with Crippen molar-refractivity contribution >= 4 is 33.3 Å². The minimum atomic E-state index is -3.65. The van der Waals surface area contributed by atoms with Gasteiger partial charge in [-0.25, -0.2) is 13.2 Å². The molecule has 0 saturated carbocycles. The second kappa shape index (κ2) is 5.86. The summed E-state index contributed by atoms with van der Waals surface area (Å²) in [5.41, 5.74) is 1.81. The monoisotopic (exact) mass is 351 g/mol. The molecule has 0 atom stereocenters. The molecule has 0 unspecified atom stereocenters. The summed E-state index contributed by atoms with van der Waals surface area (Å²) in [5, 5.41) is 0.480. The van der Waals surface area contributed by atoms with E-state index in [2.05, 4.69) is 4.74 Å². The van der Waals surface area contributed by atoms with Gasteiger partial charge in [0.05, 0.1) is 23.3 Å². The van der Waals surface area contributed by atoms with Crippen LogP contribution in [0.5, 0.6) is 0 Å². The third kappa shape index (κ3) is 2.80. The van der Waals surface area contributed by atoms with Crippen molar-refractivity contribution in [3.05, 3.63) is 58.6 Å². The third-order valence-corrected chi connectivity index (χ3v) is 5.83. The Kier molecular flexibility index (Phi) is 4.04. The fourth-order valence-electron chi connectivity index (χ4n) is 2.60.